The minimum absolute atomic E-state index is 0.0673. The molecule has 2 fully saturated rings. The van der Waals surface area contributed by atoms with Crippen molar-refractivity contribution in [1.82, 2.24) is 29.1 Å². The Bertz CT molecular complexity index is 843. The van der Waals surface area contributed by atoms with Gasteiger partial charge in [0.2, 0.25) is 10.0 Å². The van der Waals surface area contributed by atoms with Gasteiger partial charge in [0.25, 0.3) is 0 Å². The van der Waals surface area contributed by atoms with Crippen LogP contribution in [0, 0.1) is 5.41 Å². The summed E-state index contributed by atoms with van der Waals surface area (Å²) in [4.78, 5) is 12.3. The number of hydrogen-bond donors (Lipinski definition) is 2. The number of nitrogens with zero attached hydrogens (tertiary/aromatic N) is 5. The fraction of sp³-hybridized carbons (Fsp3) is 0.615. The Hall–Kier alpha value is -1.78. The lowest BCUT2D eigenvalue weighted by Gasteiger charge is -2.37. The van der Waals surface area contributed by atoms with Crippen molar-refractivity contribution in [2.75, 3.05) is 37.7 Å². The zero-order chi connectivity index (χ0) is 16.1. The number of rotatable bonds is 4. The third-order valence-corrected chi connectivity index (χ3v) is 6.71. The second-order valence-electron chi connectivity index (χ2n) is 6.42. The van der Waals surface area contributed by atoms with Crippen molar-refractivity contribution in [3.8, 4) is 0 Å². The van der Waals surface area contributed by atoms with Gasteiger partial charge in [-0.2, -0.15) is 0 Å². The second kappa shape index (κ2) is 5.11. The van der Waals surface area contributed by atoms with E-state index in [0.29, 0.717) is 43.0 Å². The first-order valence-electron chi connectivity index (χ1n) is 7.59. The van der Waals surface area contributed by atoms with E-state index in [1.165, 1.54) is 6.33 Å². The van der Waals surface area contributed by atoms with Crippen LogP contribution in [0.5, 0.6) is 0 Å². The average molecular weight is 337 g/mol. The molecule has 9 nitrogen and oxygen atoms in total. The maximum absolute atomic E-state index is 12.3. The highest BCUT2D eigenvalue weighted by Crippen LogP contribution is 2.34. The molecule has 0 bridgehead atoms. The van der Waals surface area contributed by atoms with Crippen LogP contribution in [0.1, 0.15) is 6.42 Å². The number of aryl methyl sites for hydroxylation is 1. The molecule has 4 heterocycles. The fourth-order valence-corrected chi connectivity index (χ4v) is 5.52. The first-order chi connectivity index (χ1) is 11.0. The number of hydrogen-bond acceptors (Lipinski definition) is 7. The van der Waals surface area contributed by atoms with Gasteiger partial charge in [-0.05, 0) is 6.42 Å². The highest BCUT2D eigenvalue weighted by atomic mass is 32.2. The molecule has 4 rings (SSSR count). The summed E-state index contributed by atoms with van der Waals surface area (Å²) in [6.07, 6.45) is 3.79. The van der Waals surface area contributed by atoms with Gasteiger partial charge in [-0.1, -0.05) is 0 Å². The molecule has 0 aliphatic carbocycles. The monoisotopic (exact) mass is 337 g/mol. The molecule has 0 atom stereocenters. The molecule has 23 heavy (non-hydrogen) atoms. The Labute approximate surface area is 134 Å². The first kappa shape index (κ1) is 14.8. The molecule has 0 amide bonds. The van der Waals surface area contributed by atoms with E-state index in [-0.39, 0.29) is 11.2 Å². The van der Waals surface area contributed by atoms with Gasteiger partial charge in [-0.15, -0.1) is 0 Å². The van der Waals surface area contributed by atoms with E-state index >= 15 is 0 Å². The zero-order valence-corrected chi connectivity index (χ0v) is 13.5. The SMILES string of the molecule is Nc1ncnc2c1ncn2CCCN1CC2(CNC2)CS1(=O)=O. The summed E-state index contributed by atoms with van der Waals surface area (Å²) < 4.78 is 28.0. The largest absolute Gasteiger partial charge is 0.382 e. The number of anilines is 1. The van der Waals surface area contributed by atoms with Crippen LogP contribution < -0.4 is 11.1 Å². The molecule has 2 aliphatic heterocycles. The highest BCUT2D eigenvalue weighted by Gasteiger charge is 2.50. The number of nitrogens with one attached hydrogen (secondary N) is 1. The Morgan fingerprint density at radius 1 is 1.26 bits per heavy atom. The summed E-state index contributed by atoms with van der Waals surface area (Å²) in [5, 5.41) is 3.18. The molecule has 1 spiro atoms. The molecule has 0 aromatic carbocycles. The van der Waals surface area contributed by atoms with E-state index in [4.69, 9.17) is 5.73 Å². The van der Waals surface area contributed by atoms with Crippen LogP contribution in [0.2, 0.25) is 0 Å². The molecule has 124 valence electrons. The molecule has 0 radical (unpaired) electrons. The van der Waals surface area contributed by atoms with Gasteiger partial charge < -0.3 is 15.6 Å². The summed E-state index contributed by atoms with van der Waals surface area (Å²) in [5.74, 6) is 0.625. The van der Waals surface area contributed by atoms with Crippen LogP contribution >= 0.6 is 0 Å². The predicted molar refractivity (Wildman–Crippen MR) is 85.0 cm³/mol. The van der Waals surface area contributed by atoms with Gasteiger partial charge in [-0.3, -0.25) is 0 Å². The third kappa shape index (κ3) is 2.46. The van der Waals surface area contributed by atoms with Gasteiger partial charge >= 0.3 is 0 Å². The van der Waals surface area contributed by atoms with Gasteiger partial charge in [0.1, 0.15) is 11.8 Å². The lowest BCUT2D eigenvalue weighted by atomic mass is 9.84. The van der Waals surface area contributed by atoms with E-state index in [9.17, 15) is 8.42 Å². The molecular weight excluding hydrogens is 318 g/mol. The zero-order valence-electron chi connectivity index (χ0n) is 12.6. The number of aromatic nitrogens is 4. The maximum Gasteiger partial charge on any atom is 0.214 e. The minimum atomic E-state index is -3.12. The number of nitrogens with two attached hydrogens (primary N) is 1. The van der Waals surface area contributed by atoms with Crippen LogP contribution in [0.15, 0.2) is 12.7 Å². The summed E-state index contributed by atoms with van der Waals surface area (Å²) in [6.45, 7) is 3.38. The Kier molecular flexibility index (Phi) is 3.29. The van der Waals surface area contributed by atoms with E-state index in [1.807, 2.05) is 4.57 Å². The summed E-state index contributed by atoms with van der Waals surface area (Å²) in [7, 11) is -3.12. The lowest BCUT2D eigenvalue weighted by Crippen LogP contribution is -2.56. The van der Waals surface area contributed by atoms with Crippen molar-refractivity contribution in [3.05, 3.63) is 12.7 Å². The van der Waals surface area contributed by atoms with E-state index in [0.717, 1.165) is 13.1 Å². The molecule has 2 saturated heterocycles. The molecule has 2 aromatic rings. The van der Waals surface area contributed by atoms with Gasteiger partial charge in [0.15, 0.2) is 11.5 Å². The van der Waals surface area contributed by atoms with E-state index in [2.05, 4.69) is 20.3 Å². The first-order valence-corrected chi connectivity index (χ1v) is 9.20. The fourth-order valence-electron chi connectivity index (χ4n) is 3.39. The van der Waals surface area contributed by atoms with Crippen LogP contribution in [0.3, 0.4) is 0 Å². The molecule has 3 N–H and O–H groups in total. The Balaban J connectivity index is 1.42. The molecule has 2 aliphatic rings. The molecule has 0 unspecified atom stereocenters. The third-order valence-electron chi connectivity index (χ3n) is 4.63. The summed E-state index contributed by atoms with van der Waals surface area (Å²) in [6, 6.07) is 0. The summed E-state index contributed by atoms with van der Waals surface area (Å²) >= 11 is 0. The molecule has 0 saturated carbocycles. The second-order valence-corrected chi connectivity index (χ2v) is 8.38. The number of fused-ring (bicyclic) bond motifs is 1. The minimum Gasteiger partial charge on any atom is -0.382 e. The number of imidazole rings is 1. The molecular formula is C13H19N7O2S. The maximum atomic E-state index is 12.3. The van der Waals surface area contributed by atoms with Crippen molar-refractivity contribution < 1.29 is 8.42 Å². The Morgan fingerprint density at radius 3 is 2.78 bits per heavy atom. The van der Waals surface area contributed by atoms with Crippen LogP contribution in [0.4, 0.5) is 5.82 Å². The standard InChI is InChI=1S/C13H19N7O2S/c14-11-10-12(17-8-16-11)19(9-18-10)2-1-3-20-6-13(4-15-5-13)7-23(20,21)22/h8-9,15H,1-7H2,(H2,14,16,17). The summed E-state index contributed by atoms with van der Waals surface area (Å²) in [5.41, 5.74) is 6.96. The van der Waals surface area contributed by atoms with Crippen LogP contribution in [-0.2, 0) is 16.6 Å². The quantitative estimate of drug-likeness (QED) is 0.737. The highest BCUT2D eigenvalue weighted by molar-refractivity contribution is 7.89. The van der Waals surface area contributed by atoms with Crippen molar-refractivity contribution in [2.24, 2.45) is 5.41 Å². The van der Waals surface area contributed by atoms with Crippen molar-refractivity contribution in [2.45, 2.75) is 13.0 Å². The van der Waals surface area contributed by atoms with Gasteiger partial charge in [-0.25, -0.2) is 27.7 Å². The van der Waals surface area contributed by atoms with Crippen LogP contribution in [0.25, 0.3) is 11.2 Å². The van der Waals surface area contributed by atoms with E-state index in [1.54, 1.807) is 10.6 Å². The smallest absolute Gasteiger partial charge is 0.214 e. The van der Waals surface area contributed by atoms with Gasteiger partial charge in [0, 0.05) is 38.1 Å². The normalized spacial score (nSPS) is 22.6. The predicted octanol–water partition coefficient (Wildman–Crippen LogP) is -0.966. The molecule has 10 heteroatoms. The topological polar surface area (TPSA) is 119 Å². The number of sulfonamides is 1. The van der Waals surface area contributed by atoms with Crippen molar-refractivity contribution in [3.63, 3.8) is 0 Å². The lowest BCUT2D eigenvalue weighted by molar-refractivity contribution is 0.182. The van der Waals surface area contributed by atoms with Gasteiger partial charge in [0.05, 0.1) is 12.1 Å². The van der Waals surface area contributed by atoms with Crippen molar-refractivity contribution in [1.29, 1.82) is 0 Å². The van der Waals surface area contributed by atoms with Crippen molar-refractivity contribution >= 4 is 27.0 Å². The Morgan fingerprint density at radius 2 is 2.09 bits per heavy atom. The van der Waals surface area contributed by atoms with Crippen LogP contribution in [-0.4, -0.2) is 64.2 Å². The average Bonchev–Trinajstić information content (AvgIpc) is 2.99. The number of nitrogen functional groups attached to an aromatic ring is 1. The molecule has 2 aromatic heterocycles. The van der Waals surface area contributed by atoms with E-state index < -0.39 is 10.0 Å².